The number of nitrogens with one attached hydrogen (secondary N) is 1. The minimum absolute atomic E-state index is 0.0282. The van der Waals surface area contributed by atoms with E-state index in [9.17, 15) is 28.1 Å². The highest BCUT2D eigenvalue weighted by Crippen LogP contribution is 2.24. The van der Waals surface area contributed by atoms with Crippen LogP contribution >= 0.6 is 11.6 Å². The highest BCUT2D eigenvalue weighted by atomic mass is 35.5. The second kappa shape index (κ2) is 11.8. The van der Waals surface area contributed by atoms with E-state index >= 15 is 0 Å². The van der Waals surface area contributed by atoms with Crippen LogP contribution in [0.1, 0.15) is 25.8 Å². The number of rotatable bonds is 11. The molecule has 1 atom stereocenters. The summed E-state index contributed by atoms with van der Waals surface area (Å²) in [6.07, 6.45) is 1.61. The zero-order valence-electron chi connectivity index (χ0n) is 19.1. The molecule has 0 bridgehead atoms. The maximum Gasteiger partial charge on any atom is 0.271 e. The number of nitro benzene ring substituents is 1. The van der Waals surface area contributed by atoms with Gasteiger partial charge < -0.3 is 10.2 Å². The molecule has 0 aliphatic heterocycles. The molecule has 1 N–H and O–H groups in total. The van der Waals surface area contributed by atoms with E-state index in [0.29, 0.717) is 23.6 Å². The SMILES string of the molecule is CCCNC(=O)[C@@H](C)N(Cc1ccc(Cl)cc1)C(=O)CN(c1cccc([N+](=O)[O-])c1)S(C)(=O)=O. The molecule has 0 aliphatic rings. The van der Waals surface area contributed by atoms with Crippen molar-refractivity contribution < 1.29 is 22.9 Å². The van der Waals surface area contributed by atoms with Crippen molar-refractivity contribution >= 4 is 44.8 Å². The molecule has 0 aromatic heterocycles. The monoisotopic (exact) mass is 510 g/mol. The van der Waals surface area contributed by atoms with Crippen LogP contribution < -0.4 is 9.62 Å². The van der Waals surface area contributed by atoms with Crippen LogP contribution in [0.3, 0.4) is 0 Å². The van der Waals surface area contributed by atoms with Gasteiger partial charge in [0.15, 0.2) is 0 Å². The summed E-state index contributed by atoms with van der Waals surface area (Å²) < 4.78 is 25.8. The number of carbonyl (C=O) groups is 2. The Bertz CT molecular complexity index is 1140. The second-order valence-electron chi connectivity index (χ2n) is 7.66. The lowest BCUT2D eigenvalue weighted by Gasteiger charge is -2.31. The maximum atomic E-state index is 13.4. The molecule has 0 aliphatic carbocycles. The third-order valence-electron chi connectivity index (χ3n) is 4.99. The number of halogens is 1. The average molecular weight is 511 g/mol. The number of carbonyl (C=O) groups excluding carboxylic acids is 2. The Balaban J connectivity index is 2.40. The third-order valence-corrected chi connectivity index (χ3v) is 6.38. The highest BCUT2D eigenvalue weighted by Gasteiger charge is 2.30. The van der Waals surface area contributed by atoms with E-state index in [2.05, 4.69) is 5.32 Å². The first kappa shape index (κ1) is 27.1. The largest absolute Gasteiger partial charge is 0.354 e. The van der Waals surface area contributed by atoms with Gasteiger partial charge in [-0.25, -0.2) is 8.42 Å². The topological polar surface area (TPSA) is 130 Å². The van der Waals surface area contributed by atoms with Crippen LogP contribution in [0.25, 0.3) is 0 Å². The molecule has 2 aromatic carbocycles. The fraction of sp³-hybridized carbons (Fsp3) is 0.364. The normalized spacial score (nSPS) is 12.0. The predicted molar refractivity (Wildman–Crippen MR) is 130 cm³/mol. The van der Waals surface area contributed by atoms with Crippen molar-refractivity contribution in [3.8, 4) is 0 Å². The zero-order valence-corrected chi connectivity index (χ0v) is 20.7. The quantitative estimate of drug-likeness (QED) is 0.365. The van der Waals surface area contributed by atoms with E-state index in [0.717, 1.165) is 16.6 Å². The summed E-state index contributed by atoms with van der Waals surface area (Å²) >= 11 is 5.94. The molecule has 2 rings (SSSR count). The number of nitro groups is 1. The van der Waals surface area contributed by atoms with Gasteiger partial charge >= 0.3 is 0 Å². The molecule has 2 amide bonds. The molecular formula is C22H27ClN4O6S. The van der Waals surface area contributed by atoms with Gasteiger partial charge in [-0.3, -0.25) is 24.0 Å². The summed E-state index contributed by atoms with van der Waals surface area (Å²) in [5, 5.41) is 14.4. The van der Waals surface area contributed by atoms with E-state index < -0.39 is 33.4 Å². The number of non-ortho nitro benzene ring substituents is 1. The Labute approximate surface area is 203 Å². The summed E-state index contributed by atoms with van der Waals surface area (Å²) in [5.74, 6) is -1.03. The Morgan fingerprint density at radius 1 is 1.18 bits per heavy atom. The number of nitrogens with zero attached hydrogens (tertiary/aromatic N) is 3. The molecule has 184 valence electrons. The van der Waals surface area contributed by atoms with Gasteiger partial charge in [0.2, 0.25) is 21.8 Å². The van der Waals surface area contributed by atoms with Gasteiger partial charge in [-0.1, -0.05) is 36.7 Å². The smallest absolute Gasteiger partial charge is 0.271 e. The van der Waals surface area contributed by atoms with E-state index in [-0.39, 0.29) is 23.8 Å². The van der Waals surface area contributed by atoms with Crippen molar-refractivity contribution in [3.05, 3.63) is 69.2 Å². The van der Waals surface area contributed by atoms with Crippen molar-refractivity contribution in [1.82, 2.24) is 10.2 Å². The van der Waals surface area contributed by atoms with Crippen molar-refractivity contribution in [1.29, 1.82) is 0 Å². The van der Waals surface area contributed by atoms with Crippen molar-refractivity contribution in [3.63, 3.8) is 0 Å². The van der Waals surface area contributed by atoms with Crippen LogP contribution in [0.15, 0.2) is 48.5 Å². The lowest BCUT2D eigenvalue weighted by molar-refractivity contribution is -0.384. The van der Waals surface area contributed by atoms with Crippen LogP contribution in [-0.2, 0) is 26.2 Å². The molecule has 0 spiro atoms. The standard InChI is InChI=1S/C22H27ClN4O6S/c1-4-12-24-22(29)16(2)25(14-17-8-10-18(23)11-9-17)21(28)15-26(34(3,32)33)19-6-5-7-20(13-19)27(30)31/h5-11,13,16H,4,12,14-15H2,1-3H3,(H,24,29)/t16-/m1/s1. The fourth-order valence-corrected chi connectivity index (χ4v) is 4.11. The average Bonchev–Trinajstić information content (AvgIpc) is 2.79. The van der Waals surface area contributed by atoms with Gasteiger partial charge in [0.05, 0.1) is 16.9 Å². The fourth-order valence-electron chi connectivity index (χ4n) is 3.14. The number of hydrogen-bond acceptors (Lipinski definition) is 6. The number of sulfonamides is 1. The van der Waals surface area contributed by atoms with Gasteiger partial charge in [0.1, 0.15) is 12.6 Å². The van der Waals surface area contributed by atoms with E-state index in [1.807, 2.05) is 6.92 Å². The van der Waals surface area contributed by atoms with Gasteiger partial charge in [-0.2, -0.15) is 0 Å². The van der Waals surface area contributed by atoms with Crippen LogP contribution in [0.2, 0.25) is 5.02 Å². The van der Waals surface area contributed by atoms with Crippen molar-refractivity contribution in [2.24, 2.45) is 0 Å². The molecule has 10 nitrogen and oxygen atoms in total. The molecule has 0 radical (unpaired) electrons. The molecule has 2 aromatic rings. The van der Waals surface area contributed by atoms with Gasteiger partial charge in [-0.05, 0) is 37.1 Å². The Morgan fingerprint density at radius 2 is 1.82 bits per heavy atom. The molecule has 0 saturated heterocycles. The van der Waals surface area contributed by atoms with Crippen molar-refractivity contribution in [2.45, 2.75) is 32.9 Å². The summed E-state index contributed by atoms with van der Waals surface area (Å²) in [5.41, 5.74) is 0.345. The van der Waals surface area contributed by atoms with Gasteiger partial charge in [0, 0.05) is 30.2 Å². The molecule has 0 fully saturated rings. The molecule has 0 saturated carbocycles. The van der Waals surface area contributed by atoms with E-state index in [1.54, 1.807) is 31.2 Å². The summed E-state index contributed by atoms with van der Waals surface area (Å²) in [6, 6.07) is 10.8. The maximum absolute atomic E-state index is 13.4. The number of amides is 2. The third kappa shape index (κ3) is 7.42. The molecule has 0 heterocycles. The first-order valence-corrected chi connectivity index (χ1v) is 12.7. The predicted octanol–water partition coefficient (Wildman–Crippen LogP) is 2.96. The summed E-state index contributed by atoms with van der Waals surface area (Å²) in [6.45, 7) is 3.26. The van der Waals surface area contributed by atoms with Crippen LogP contribution in [0, 0.1) is 10.1 Å². The molecule has 12 heteroatoms. The molecular weight excluding hydrogens is 484 g/mol. The number of anilines is 1. The number of benzene rings is 2. The Hall–Kier alpha value is -3.18. The second-order valence-corrected chi connectivity index (χ2v) is 10.0. The van der Waals surface area contributed by atoms with E-state index in [1.165, 1.54) is 23.1 Å². The van der Waals surface area contributed by atoms with Gasteiger partial charge in [0.25, 0.3) is 5.69 Å². The first-order valence-electron chi connectivity index (χ1n) is 10.5. The lowest BCUT2D eigenvalue weighted by Crippen LogP contribution is -2.51. The highest BCUT2D eigenvalue weighted by molar-refractivity contribution is 7.92. The molecule has 34 heavy (non-hydrogen) atoms. The number of hydrogen-bond donors (Lipinski definition) is 1. The Kier molecular flexibility index (Phi) is 9.39. The zero-order chi connectivity index (χ0) is 25.5. The molecule has 0 unspecified atom stereocenters. The Morgan fingerprint density at radius 3 is 2.38 bits per heavy atom. The van der Waals surface area contributed by atoms with Gasteiger partial charge in [-0.15, -0.1) is 0 Å². The summed E-state index contributed by atoms with van der Waals surface area (Å²) in [7, 11) is -3.98. The first-order chi connectivity index (χ1) is 15.9. The van der Waals surface area contributed by atoms with Crippen LogP contribution in [0.4, 0.5) is 11.4 Å². The van der Waals surface area contributed by atoms with Crippen molar-refractivity contribution in [2.75, 3.05) is 23.7 Å². The minimum Gasteiger partial charge on any atom is -0.354 e. The van der Waals surface area contributed by atoms with E-state index in [4.69, 9.17) is 11.6 Å². The summed E-state index contributed by atoms with van der Waals surface area (Å²) in [4.78, 5) is 37.8. The lowest BCUT2D eigenvalue weighted by atomic mass is 10.1. The van der Waals surface area contributed by atoms with Crippen LogP contribution in [0.5, 0.6) is 0 Å². The minimum atomic E-state index is -3.98. The van der Waals surface area contributed by atoms with Crippen LogP contribution in [-0.4, -0.2) is 55.4 Å².